The van der Waals surface area contributed by atoms with E-state index in [0.29, 0.717) is 17.0 Å². The molecule has 1 aromatic heterocycles. The molecule has 3 rings (SSSR count). The number of rotatable bonds is 3. The van der Waals surface area contributed by atoms with Crippen LogP contribution in [-0.2, 0) is 0 Å². The van der Waals surface area contributed by atoms with Gasteiger partial charge in [-0.1, -0.05) is 47.6 Å². The molecule has 4 nitrogen and oxygen atoms in total. The lowest BCUT2D eigenvalue weighted by molar-refractivity contribution is 0.102. The Morgan fingerprint density at radius 1 is 1.05 bits per heavy atom. The number of nitrogens with zero attached hydrogens (tertiary/aromatic N) is 1. The Morgan fingerprint density at radius 2 is 1.76 bits per heavy atom. The average molecular weight is 343 g/mol. The maximum Gasteiger partial charge on any atom is 0.261 e. The number of halogens is 1. The Kier molecular flexibility index (Phi) is 3.83. The molecule has 0 aliphatic carbocycles. The van der Waals surface area contributed by atoms with E-state index in [4.69, 9.17) is 4.52 Å². The molecule has 3 aromatic rings. The van der Waals surface area contributed by atoms with E-state index in [2.05, 4.69) is 26.4 Å². The van der Waals surface area contributed by atoms with E-state index in [9.17, 15) is 4.79 Å². The molecule has 1 heterocycles. The third-order valence-electron chi connectivity index (χ3n) is 2.97. The minimum Gasteiger partial charge on any atom is -0.355 e. The monoisotopic (exact) mass is 342 g/mol. The number of hydrogen-bond acceptors (Lipinski definition) is 3. The SMILES string of the molecule is O=C(Nc1ccccc1Br)c1cnoc1-c1ccccc1. The van der Waals surface area contributed by atoms with Crippen LogP contribution in [0.25, 0.3) is 11.3 Å². The lowest BCUT2D eigenvalue weighted by Gasteiger charge is -2.06. The molecule has 2 aromatic carbocycles. The zero-order chi connectivity index (χ0) is 14.7. The van der Waals surface area contributed by atoms with Crippen LogP contribution in [0.1, 0.15) is 10.4 Å². The molecule has 0 radical (unpaired) electrons. The smallest absolute Gasteiger partial charge is 0.261 e. The van der Waals surface area contributed by atoms with E-state index in [-0.39, 0.29) is 5.91 Å². The standard InChI is InChI=1S/C16H11BrN2O2/c17-13-8-4-5-9-14(13)19-16(20)12-10-18-21-15(12)11-6-2-1-3-7-11/h1-10H,(H,19,20). The van der Waals surface area contributed by atoms with Gasteiger partial charge in [-0.25, -0.2) is 0 Å². The van der Waals surface area contributed by atoms with E-state index in [1.807, 2.05) is 54.6 Å². The van der Waals surface area contributed by atoms with Crippen molar-refractivity contribution in [3.8, 4) is 11.3 Å². The highest BCUT2D eigenvalue weighted by molar-refractivity contribution is 9.10. The summed E-state index contributed by atoms with van der Waals surface area (Å²) in [5.41, 5.74) is 1.91. The molecule has 0 bridgehead atoms. The highest BCUT2D eigenvalue weighted by Crippen LogP contribution is 2.26. The minimum atomic E-state index is -0.262. The van der Waals surface area contributed by atoms with Gasteiger partial charge in [-0.3, -0.25) is 4.79 Å². The first-order valence-electron chi connectivity index (χ1n) is 6.31. The van der Waals surface area contributed by atoms with Crippen LogP contribution in [0.15, 0.2) is 69.8 Å². The van der Waals surface area contributed by atoms with Gasteiger partial charge in [-0.15, -0.1) is 0 Å². The van der Waals surface area contributed by atoms with E-state index in [1.165, 1.54) is 6.20 Å². The van der Waals surface area contributed by atoms with Crippen LogP contribution in [-0.4, -0.2) is 11.1 Å². The van der Waals surface area contributed by atoms with E-state index < -0.39 is 0 Å². The minimum absolute atomic E-state index is 0.262. The van der Waals surface area contributed by atoms with Crippen molar-refractivity contribution in [1.82, 2.24) is 5.16 Å². The van der Waals surface area contributed by atoms with Crippen molar-refractivity contribution in [2.75, 3.05) is 5.32 Å². The maximum absolute atomic E-state index is 12.4. The fraction of sp³-hybridized carbons (Fsp3) is 0. The normalized spacial score (nSPS) is 10.3. The summed E-state index contributed by atoms with van der Waals surface area (Å²) in [6.45, 7) is 0. The second-order valence-electron chi connectivity index (χ2n) is 4.37. The van der Waals surface area contributed by atoms with Gasteiger partial charge in [0.15, 0.2) is 5.76 Å². The Bertz CT molecular complexity index is 769. The van der Waals surface area contributed by atoms with Crippen LogP contribution < -0.4 is 5.32 Å². The summed E-state index contributed by atoms with van der Waals surface area (Å²) in [5, 5.41) is 6.57. The molecule has 0 spiro atoms. The van der Waals surface area contributed by atoms with Crippen LogP contribution in [0.2, 0.25) is 0 Å². The first kappa shape index (κ1) is 13.6. The first-order valence-corrected chi connectivity index (χ1v) is 7.11. The van der Waals surface area contributed by atoms with Gasteiger partial charge in [0, 0.05) is 10.0 Å². The number of carbonyl (C=O) groups is 1. The van der Waals surface area contributed by atoms with Crippen LogP contribution in [0.5, 0.6) is 0 Å². The largest absolute Gasteiger partial charge is 0.355 e. The van der Waals surface area contributed by atoms with Crippen molar-refractivity contribution < 1.29 is 9.32 Å². The molecule has 0 fully saturated rings. The van der Waals surface area contributed by atoms with Gasteiger partial charge in [0.2, 0.25) is 0 Å². The second kappa shape index (κ2) is 5.93. The molecule has 1 amide bonds. The summed E-state index contributed by atoms with van der Waals surface area (Å²) in [6.07, 6.45) is 1.43. The van der Waals surface area contributed by atoms with Gasteiger partial charge in [-0.05, 0) is 28.1 Å². The third-order valence-corrected chi connectivity index (χ3v) is 3.66. The molecule has 0 unspecified atom stereocenters. The molecule has 104 valence electrons. The van der Waals surface area contributed by atoms with Crippen molar-refractivity contribution in [1.29, 1.82) is 0 Å². The summed E-state index contributed by atoms with van der Waals surface area (Å²) < 4.78 is 6.03. The third kappa shape index (κ3) is 2.87. The van der Waals surface area contributed by atoms with Gasteiger partial charge in [-0.2, -0.15) is 0 Å². The zero-order valence-electron chi connectivity index (χ0n) is 10.9. The van der Waals surface area contributed by atoms with Crippen molar-refractivity contribution in [2.24, 2.45) is 0 Å². The molecular formula is C16H11BrN2O2. The van der Waals surface area contributed by atoms with Crippen molar-refractivity contribution >= 4 is 27.5 Å². The van der Waals surface area contributed by atoms with Crippen LogP contribution in [0.4, 0.5) is 5.69 Å². The Labute approximate surface area is 129 Å². The van der Waals surface area contributed by atoms with Gasteiger partial charge in [0.05, 0.1) is 11.9 Å². The molecule has 0 aliphatic heterocycles. The van der Waals surface area contributed by atoms with E-state index in [1.54, 1.807) is 0 Å². The average Bonchev–Trinajstić information content (AvgIpc) is 3.00. The lowest BCUT2D eigenvalue weighted by Crippen LogP contribution is -2.12. The van der Waals surface area contributed by atoms with E-state index >= 15 is 0 Å². The van der Waals surface area contributed by atoms with Crippen molar-refractivity contribution in [3.05, 3.63) is 70.8 Å². The fourth-order valence-electron chi connectivity index (χ4n) is 1.95. The number of benzene rings is 2. The van der Waals surface area contributed by atoms with Gasteiger partial charge in [0.1, 0.15) is 5.56 Å². The maximum atomic E-state index is 12.4. The summed E-state index contributed by atoms with van der Waals surface area (Å²) in [6, 6.07) is 16.8. The predicted octanol–water partition coefficient (Wildman–Crippen LogP) is 4.36. The highest BCUT2D eigenvalue weighted by Gasteiger charge is 2.18. The quantitative estimate of drug-likeness (QED) is 0.769. The van der Waals surface area contributed by atoms with Gasteiger partial charge in [0.25, 0.3) is 5.91 Å². The number of hydrogen-bond donors (Lipinski definition) is 1. The number of aromatic nitrogens is 1. The van der Waals surface area contributed by atoms with Crippen LogP contribution >= 0.6 is 15.9 Å². The molecule has 5 heteroatoms. The van der Waals surface area contributed by atoms with Crippen LogP contribution in [0, 0.1) is 0 Å². The molecule has 1 N–H and O–H groups in total. The van der Waals surface area contributed by atoms with Crippen molar-refractivity contribution in [2.45, 2.75) is 0 Å². The van der Waals surface area contributed by atoms with Crippen LogP contribution in [0.3, 0.4) is 0 Å². The van der Waals surface area contributed by atoms with Gasteiger partial charge >= 0.3 is 0 Å². The van der Waals surface area contributed by atoms with Crippen molar-refractivity contribution in [3.63, 3.8) is 0 Å². The number of amides is 1. The van der Waals surface area contributed by atoms with Gasteiger partial charge < -0.3 is 9.84 Å². The van der Waals surface area contributed by atoms with E-state index in [0.717, 1.165) is 10.0 Å². The lowest BCUT2D eigenvalue weighted by atomic mass is 10.1. The molecule has 0 saturated heterocycles. The predicted molar refractivity (Wildman–Crippen MR) is 84.0 cm³/mol. The number of para-hydroxylation sites is 1. The summed E-state index contributed by atoms with van der Waals surface area (Å²) in [7, 11) is 0. The topological polar surface area (TPSA) is 55.1 Å². The highest BCUT2D eigenvalue weighted by atomic mass is 79.9. The molecular weight excluding hydrogens is 332 g/mol. The summed E-state index contributed by atoms with van der Waals surface area (Å²) in [5.74, 6) is 0.196. The fourth-order valence-corrected chi connectivity index (χ4v) is 2.34. The molecule has 0 aliphatic rings. The first-order chi connectivity index (χ1) is 10.3. The summed E-state index contributed by atoms with van der Waals surface area (Å²) in [4.78, 5) is 12.4. The molecule has 0 atom stereocenters. The number of anilines is 1. The Morgan fingerprint density at radius 3 is 2.52 bits per heavy atom. The Hall–Kier alpha value is -2.40. The number of nitrogens with one attached hydrogen (secondary N) is 1. The molecule has 21 heavy (non-hydrogen) atoms. The second-order valence-corrected chi connectivity index (χ2v) is 5.22. The number of carbonyl (C=O) groups excluding carboxylic acids is 1. The Balaban J connectivity index is 1.90. The zero-order valence-corrected chi connectivity index (χ0v) is 12.5. The summed E-state index contributed by atoms with van der Waals surface area (Å²) >= 11 is 3.40. The molecule has 0 saturated carbocycles.